The zero-order chi connectivity index (χ0) is 12.8. The molecule has 0 aliphatic carbocycles. The number of hydrogen-bond donors (Lipinski definition) is 0. The minimum Gasteiger partial charge on any atom is -0.497 e. The van der Waals surface area contributed by atoms with Crippen LogP contribution in [0, 0.1) is 0 Å². The minimum atomic E-state index is 0.346. The van der Waals surface area contributed by atoms with Gasteiger partial charge < -0.3 is 4.74 Å². The van der Waals surface area contributed by atoms with E-state index in [4.69, 9.17) is 4.74 Å². The van der Waals surface area contributed by atoms with Crippen LogP contribution in [0.3, 0.4) is 0 Å². The fourth-order valence-electron chi connectivity index (χ4n) is 2.06. The van der Waals surface area contributed by atoms with Crippen molar-refractivity contribution >= 4 is 0 Å². The molecule has 0 unspecified atom stereocenters. The molecule has 1 heteroatoms. The largest absolute Gasteiger partial charge is 0.497 e. The Hall–Kier alpha value is -2.02. The first-order valence-electron chi connectivity index (χ1n) is 6.14. The molecule has 0 fully saturated rings. The van der Waals surface area contributed by atoms with E-state index in [1.54, 1.807) is 7.11 Å². The molecule has 0 amide bonds. The molecule has 18 heavy (non-hydrogen) atoms. The third-order valence-electron chi connectivity index (χ3n) is 3.13. The van der Waals surface area contributed by atoms with Crippen molar-refractivity contribution in [2.75, 3.05) is 7.11 Å². The van der Waals surface area contributed by atoms with Crippen LogP contribution in [0.25, 0.3) is 0 Å². The van der Waals surface area contributed by atoms with Crippen molar-refractivity contribution in [3.05, 3.63) is 78.4 Å². The van der Waals surface area contributed by atoms with Crippen molar-refractivity contribution in [3.63, 3.8) is 0 Å². The monoisotopic (exact) mass is 238 g/mol. The summed E-state index contributed by atoms with van der Waals surface area (Å²) in [6.07, 6.45) is 2.99. The fraction of sp³-hybridized carbons (Fsp3) is 0.176. The number of methoxy groups -OCH3 is 1. The van der Waals surface area contributed by atoms with Gasteiger partial charge in [-0.3, -0.25) is 0 Å². The molecule has 0 aromatic heterocycles. The molecule has 2 rings (SSSR count). The lowest BCUT2D eigenvalue weighted by atomic mass is 9.92. The summed E-state index contributed by atoms with van der Waals surface area (Å²) in [4.78, 5) is 0. The second-order valence-electron chi connectivity index (χ2n) is 4.31. The van der Waals surface area contributed by atoms with Crippen molar-refractivity contribution in [2.24, 2.45) is 0 Å². The Balaban J connectivity index is 2.15. The zero-order valence-corrected chi connectivity index (χ0v) is 10.7. The van der Waals surface area contributed by atoms with Gasteiger partial charge in [0.2, 0.25) is 0 Å². The van der Waals surface area contributed by atoms with Crippen LogP contribution in [0.2, 0.25) is 0 Å². The van der Waals surface area contributed by atoms with E-state index < -0.39 is 0 Å². The van der Waals surface area contributed by atoms with E-state index in [9.17, 15) is 0 Å². The molecule has 0 saturated heterocycles. The highest BCUT2D eigenvalue weighted by Gasteiger charge is 2.08. The van der Waals surface area contributed by atoms with Gasteiger partial charge in [0.25, 0.3) is 0 Å². The van der Waals surface area contributed by atoms with Crippen LogP contribution in [-0.2, 0) is 6.42 Å². The van der Waals surface area contributed by atoms with E-state index >= 15 is 0 Å². The zero-order valence-electron chi connectivity index (χ0n) is 10.7. The van der Waals surface area contributed by atoms with E-state index in [-0.39, 0.29) is 0 Å². The van der Waals surface area contributed by atoms with E-state index in [1.807, 2.05) is 24.3 Å². The molecule has 0 heterocycles. The van der Waals surface area contributed by atoms with Gasteiger partial charge in [-0.25, -0.2) is 0 Å². The number of hydrogen-bond acceptors (Lipinski definition) is 1. The van der Waals surface area contributed by atoms with Gasteiger partial charge in [-0.2, -0.15) is 0 Å². The Kier molecular flexibility index (Phi) is 4.19. The molecule has 0 saturated carbocycles. The first-order chi connectivity index (χ1) is 8.83. The lowest BCUT2D eigenvalue weighted by molar-refractivity contribution is 0.414. The normalized spacial score (nSPS) is 11.8. The molecule has 0 radical (unpaired) electrons. The van der Waals surface area contributed by atoms with Gasteiger partial charge in [0.05, 0.1) is 7.11 Å². The van der Waals surface area contributed by atoms with Crippen LogP contribution < -0.4 is 4.74 Å². The van der Waals surface area contributed by atoms with Crippen molar-refractivity contribution in [2.45, 2.75) is 12.3 Å². The SMILES string of the molecule is C=C[C@@H](Cc1ccccc1)c1ccc(OC)cc1. The Labute approximate surface area is 109 Å². The van der Waals surface area contributed by atoms with E-state index in [0.29, 0.717) is 5.92 Å². The molecule has 92 valence electrons. The van der Waals surface area contributed by atoms with Crippen LogP contribution in [0.1, 0.15) is 17.0 Å². The standard InChI is InChI=1S/C17H18O/c1-3-15(13-14-7-5-4-6-8-14)16-9-11-17(18-2)12-10-16/h3-12,15H,1,13H2,2H3/t15-/m0/s1. The average molecular weight is 238 g/mol. The molecule has 0 aliphatic heterocycles. The molecule has 0 aliphatic rings. The van der Waals surface area contributed by atoms with E-state index in [1.165, 1.54) is 11.1 Å². The van der Waals surface area contributed by atoms with Crippen LogP contribution in [0.4, 0.5) is 0 Å². The number of allylic oxidation sites excluding steroid dienone is 1. The maximum atomic E-state index is 5.18. The third-order valence-corrected chi connectivity index (χ3v) is 3.13. The summed E-state index contributed by atoms with van der Waals surface area (Å²) >= 11 is 0. The van der Waals surface area contributed by atoms with Gasteiger partial charge in [-0.15, -0.1) is 6.58 Å². The summed E-state index contributed by atoms with van der Waals surface area (Å²) in [7, 11) is 1.68. The third kappa shape index (κ3) is 3.01. The van der Waals surface area contributed by atoms with Gasteiger partial charge in [0, 0.05) is 5.92 Å². The Morgan fingerprint density at radius 3 is 2.28 bits per heavy atom. The molecular weight excluding hydrogens is 220 g/mol. The van der Waals surface area contributed by atoms with Crippen molar-refractivity contribution in [3.8, 4) is 5.75 Å². The summed E-state index contributed by atoms with van der Waals surface area (Å²) in [5.41, 5.74) is 2.60. The first kappa shape index (κ1) is 12.4. The van der Waals surface area contributed by atoms with Crippen LogP contribution in [0.5, 0.6) is 5.75 Å². The molecular formula is C17H18O. The summed E-state index contributed by atoms with van der Waals surface area (Å²) in [6, 6.07) is 18.7. The maximum Gasteiger partial charge on any atom is 0.118 e. The smallest absolute Gasteiger partial charge is 0.118 e. The summed E-state index contributed by atoms with van der Waals surface area (Å²) < 4.78 is 5.18. The number of rotatable bonds is 5. The minimum absolute atomic E-state index is 0.346. The highest BCUT2D eigenvalue weighted by atomic mass is 16.5. The fourth-order valence-corrected chi connectivity index (χ4v) is 2.06. The van der Waals surface area contributed by atoms with Gasteiger partial charge in [0.15, 0.2) is 0 Å². The average Bonchev–Trinajstić information content (AvgIpc) is 2.46. The predicted molar refractivity (Wildman–Crippen MR) is 76.1 cm³/mol. The van der Waals surface area contributed by atoms with Crippen molar-refractivity contribution in [1.29, 1.82) is 0 Å². The molecule has 0 N–H and O–H groups in total. The molecule has 2 aromatic carbocycles. The van der Waals surface area contributed by atoms with Crippen LogP contribution >= 0.6 is 0 Å². The van der Waals surface area contributed by atoms with Gasteiger partial charge >= 0.3 is 0 Å². The highest BCUT2D eigenvalue weighted by Crippen LogP contribution is 2.24. The second kappa shape index (κ2) is 6.06. The van der Waals surface area contributed by atoms with Gasteiger partial charge in [-0.05, 0) is 29.7 Å². The lowest BCUT2D eigenvalue weighted by Crippen LogP contribution is -1.99. The van der Waals surface area contributed by atoms with Crippen molar-refractivity contribution in [1.82, 2.24) is 0 Å². The molecule has 0 spiro atoms. The Morgan fingerprint density at radius 2 is 1.72 bits per heavy atom. The van der Waals surface area contributed by atoms with Gasteiger partial charge in [0.1, 0.15) is 5.75 Å². The predicted octanol–water partition coefficient (Wildman–Crippen LogP) is 4.21. The Morgan fingerprint density at radius 1 is 1.06 bits per heavy atom. The molecule has 1 nitrogen and oxygen atoms in total. The molecule has 2 aromatic rings. The lowest BCUT2D eigenvalue weighted by Gasteiger charge is -2.13. The quantitative estimate of drug-likeness (QED) is 0.709. The van der Waals surface area contributed by atoms with Gasteiger partial charge in [-0.1, -0.05) is 48.5 Å². The number of ether oxygens (including phenoxy) is 1. The highest BCUT2D eigenvalue weighted by molar-refractivity contribution is 5.32. The maximum absolute atomic E-state index is 5.18. The summed E-state index contributed by atoms with van der Waals surface area (Å²) in [6.45, 7) is 3.94. The summed E-state index contributed by atoms with van der Waals surface area (Å²) in [5.74, 6) is 1.24. The van der Waals surface area contributed by atoms with Crippen LogP contribution in [0.15, 0.2) is 67.3 Å². The second-order valence-corrected chi connectivity index (χ2v) is 4.31. The molecule has 1 atom stereocenters. The van der Waals surface area contributed by atoms with Crippen LogP contribution in [-0.4, -0.2) is 7.11 Å². The van der Waals surface area contributed by atoms with Crippen molar-refractivity contribution < 1.29 is 4.74 Å². The Bertz CT molecular complexity index is 485. The first-order valence-corrected chi connectivity index (χ1v) is 6.14. The molecule has 0 bridgehead atoms. The topological polar surface area (TPSA) is 9.23 Å². The number of benzene rings is 2. The van der Waals surface area contributed by atoms with E-state index in [0.717, 1.165) is 12.2 Å². The van der Waals surface area contributed by atoms with E-state index in [2.05, 4.69) is 43.0 Å². The summed E-state index contributed by atoms with van der Waals surface area (Å²) in [5, 5.41) is 0.